The van der Waals surface area contributed by atoms with Gasteiger partial charge < -0.3 is 5.73 Å². The Morgan fingerprint density at radius 3 is 2.68 bits per heavy atom. The molecule has 19 heavy (non-hydrogen) atoms. The lowest BCUT2D eigenvalue weighted by Crippen LogP contribution is -2.51. The van der Waals surface area contributed by atoms with Crippen LogP contribution in [-0.2, 0) is 13.1 Å². The average Bonchev–Trinajstić information content (AvgIpc) is 2.41. The maximum Gasteiger partial charge on any atom is 0.0237 e. The third-order valence-electron chi connectivity index (χ3n) is 4.29. The Morgan fingerprint density at radius 1 is 1.32 bits per heavy atom. The standard InChI is InChI=1S/C16H27N3/c1-4-19-8-7-18(11-14(19)3)12-16-6-5-15(10-17)9-13(16)2/h5-6,9,14H,4,7-8,10-12,17H2,1-3H3. The molecular formula is C16H27N3. The van der Waals surface area contributed by atoms with Crippen LogP contribution in [0.15, 0.2) is 18.2 Å². The minimum absolute atomic E-state index is 0.632. The van der Waals surface area contributed by atoms with Gasteiger partial charge in [-0.3, -0.25) is 9.80 Å². The topological polar surface area (TPSA) is 32.5 Å². The van der Waals surface area contributed by atoms with Crippen LogP contribution >= 0.6 is 0 Å². The first-order valence-corrected chi connectivity index (χ1v) is 7.39. The van der Waals surface area contributed by atoms with E-state index in [1.54, 1.807) is 0 Å². The lowest BCUT2D eigenvalue weighted by molar-refractivity contribution is 0.0833. The van der Waals surface area contributed by atoms with Crippen LogP contribution in [0.4, 0.5) is 0 Å². The van der Waals surface area contributed by atoms with Crippen LogP contribution in [0.3, 0.4) is 0 Å². The van der Waals surface area contributed by atoms with E-state index >= 15 is 0 Å². The molecule has 0 amide bonds. The number of likely N-dealkylation sites (N-methyl/N-ethyl adjacent to an activating group) is 1. The lowest BCUT2D eigenvalue weighted by atomic mass is 10.0. The van der Waals surface area contributed by atoms with Crippen molar-refractivity contribution in [2.24, 2.45) is 5.73 Å². The van der Waals surface area contributed by atoms with E-state index in [4.69, 9.17) is 5.73 Å². The first-order valence-electron chi connectivity index (χ1n) is 7.39. The molecule has 0 spiro atoms. The zero-order chi connectivity index (χ0) is 13.8. The summed E-state index contributed by atoms with van der Waals surface area (Å²) in [5.74, 6) is 0. The van der Waals surface area contributed by atoms with Crippen LogP contribution in [0.25, 0.3) is 0 Å². The van der Waals surface area contributed by atoms with Crippen molar-refractivity contribution in [2.75, 3.05) is 26.2 Å². The van der Waals surface area contributed by atoms with Gasteiger partial charge in [0.1, 0.15) is 0 Å². The smallest absolute Gasteiger partial charge is 0.0237 e. The summed E-state index contributed by atoms with van der Waals surface area (Å²) in [7, 11) is 0. The van der Waals surface area contributed by atoms with Gasteiger partial charge in [0.2, 0.25) is 0 Å². The maximum atomic E-state index is 5.69. The minimum Gasteiger partial charge on any atom is -0.326 e. The van der Waals surface area contributed by atoms with Crippen LogP contribution in [-0.4, -0.2) is 42.0 Å². The first-order chi connectivity index (χ1) is 9.13. The van der Waals surface area contributed by atoms with Crippen LogP contribution in [0.1, 0.15) is 30.5 Å². The van der Waals surface area contributed by atoms with Gasteiger partial charge in [-0.1, -0.05) is 25.1 Å². The van der Waals surface area contributed by atoms with Crippen molar-refractivity contribution in [2.45, 2.75) is 39.9 Å². The van der Waals surface area contributed by atoms with Gasteiger partial charge in [-0.2, -0.15) is 0 Å². The number of aryl methyl sites for hydroxylation is 1. The molecule has 106 valence electrons. The molecule has 0 saturated carbocycles. The van der Waals surface area contributed by atoms with Crippen LogP contribution in [0.2, 0.25) is 0 Å². The number of hydrogen-bond donors (Lipinski definition) is 1. The molecule has 1 aliphatic rings. The number of benzene rings is 1. The quantitative estimate of drug-likeness (QED) is 0.899. The Morgan fingerprint density at radius 2 is 2.11 bits per heavy atom. The normalized spacial score (nSPS) is 21.8. The SMILES string of the molecule is CCN1CCN(Cc2ccc(CN)cc2C)CC1C. The number of piperazine rings is 1. The summed E-state index contributed by atoms with van der Waals surface area (Å²) in [6.07, 6.45) is 0. The van der Waals surface area contributed by atoms with Gasteiger partial charge >= 0.3 is 0 Å². The van der Waals surface area contributed by atoms with E-state index < -0.39 is 0 Å². The molecule has 1 saturated heterocycles. The Labute approximate surface area is 117 Å². The van der Waals surface area contributed by atoms with Crippen molar-refractivity contribution >= 4 is 0 Å². The Balaban J connectivity index is 1.98. The van der Waals surface area contributed by atoms with Gasteiger partial charge in [0.25, 0.3) is 0 Å². The van der Waals surface area contributed by atoms with E-state index in [0.717, 1.165) is 6.54 Å². The zero-order valence-electron chi connectivity index (χ0n) is 12.5. The fourth-order valence-corrected chi connectivity index (χ4v) is 2.99. The van der Waals surface area contributed by atoms with Crippen LogP contribution in [0.5, 0.6) is 0 Å². The van der Waals surface area contributed by atoms with E-state index in [1.165, 1.54) is 42.9 Å². The minimum atomic E-state index is 0.632. The molecule has 2 N–H and O–H groups in total. The van der Waals surface area contributed by atoms with Gasteiger partial charge in [-0.15, -0.1) is 0 Å². The van der Waals surface area contributed by atoms with Crippen molar-refractivity contribution in [1.82, 2.24) is 9.80 Å². The molecule has 0 radical (unpaired) electrons. The molecule has 1 aromatic rings. The zero-order valence-corrected chi connectivity index (χ0v) is 12.5. The number of hydrogen-bond acceptors (Lipinski definition) is 3. The molecule has 1 aliphatic heterocycles. The molecule has 0 aromatic heterocycles. The number of nitrogens with two attached hydrogens (primary N) is 1. The largest absolute Gasteiger partial charge is 0.326 e. The molecule has 1 fully saturated rings. The summed E-state index contributed by atoms with van der Waals surface area (Å²) in [5, 5.41) is 0. The molecule has 2 rings (SSSR count). The van der Waals surface area contributed by atoms with E-state index in [1.807, 2.05) is 0 Å². The predicted molar refractivity (Wildman–Crippen MR) is 81.1 cm³/mol. The first kappa shape index (κ1) is 14.5. The third-order valence-corrected chi connectivity index (χ3v) is 4.29. The summed E-state index contributed by atoms with van der Waals surface area (Å²) < 4.78 is 0. The molecular weight excluding hydrogens is 234 g/mol. The number of rotatable bonds is 4. The molecule has 1 unspecified atom stereocenters. The monoisotopic (exact) mass is 261 g/mol. The van der Waals surface area contributed by atoms with E-state index in [9.17, 15) is 0 Å². The molecule has 3 heteroatoms. The van der Waals surface area contributed by atoms with Gasteiger partial charge in [0.15, 0.2) is 0 Å². The molecule has 0 bridgehead atoms. The molecule has 1 atom stereocenters. The summed E-state index contributed by atoms with van der Waals surface area (Å²) >= 11 is 0. The Kier molecular flexibility index (Phi) is 4.97. The third kappa shape index (κ3) is 3.56. The van der Waals surface area contributed by atoms with Crippen molar-refractivity contribution in [3.05, 3.63) is 34.9 Å². The lowest BCUT2D eigenvalue weighted by Gasteiger charge is -2.39. The van der Waals surface area contributed by atoms with E-state index in [0.29, 0.717) is 12.6 Å². The van der Waals surface area contributed by atoms with Gasteiger partial charge in [-0.25, -0.2) is 0 Å². The Hall–Kier alpha value is -0.900. The fourth-order valence-electron chi connectivity index (χ4n) is 2.99. The average molecular weight is 261 g/mol. The molecule has 1 heterocycles. The van der Waals surface area contributed by atoms with Crippen molar-refractivity contribution in [3.8, 4) is 0 Å². The van der Waals surface area contributed by atoms with Crippen LogP contribution < -0.4 is 5.73 Å². The van der Waals surface area contributed by atoms with Crippen molar-refractivity contribution in [3.63, 3.8) is 0 Å². The summed E-state index contributed by atoms with van der Waals surface area (Å²) in [5.41, 5.74) is 9.72. The summed E-state index contributed by atoms with van der Waals surface area (Å²) in [6, 6.07) is 7.30. The summed E-state index contributed by atoms with van der Waals surface area (Å²) in [4.78, 5) is 5.13. The molecule has 3 nitrogen and oxygen atoms in total. The second-order valence-electron chi connectivity index (χ2n) is 5.68. The summed E-state index contributed by atoms with van der Waals surface area (Å²) in [6.45, 7) is 13.2. The van der Waals surface area contributed by atoms with Gasteiger partial charge in [0.05, 0.1) is 0 Å². The van der Waals surface area contributed by atoms with Crippen molar-refractivity contribution < 1.29 is 0 Å². The second-order valence-corrected chi connectivity index (χ2v) is 5.68. The molecule has 1 aromatic carbocycles. The van der Waals surface area contributed by atoms with Gasteiger partial charge in [-0.05, 0) is 37.1 Å². The highest BCUT2D eigenvalue weighted by Gasteiger charge is 2.22. The fraction of sp³-hybridized carbons (Fsp3) is 0.625. The highest BCUT2D eigenvalue weighted by Crippen LogP contribution is 2.16. The highest BCUT2D eigenvalue weighted by atomic mass is 15.3. The maximum absolute atomic E-state index is 5.69. The van der Waals surface area contributed by atoms with E-state index in [-0.39, 0.29) is 0 Å². The second kappa shape index (κ2) is 6.51. The van der Waals surface area contributed by atoms with Gasteiger partial charge in [0, 0.05) is 38.8 Å². The Bertz CT molecular complexity index is 416. The van der Waals surface area contributed by atoms with Crippen molar-refractivity contribution in [1.29, 1.82) is 0 Å². The van der Waals surface area contributed by atoms with Crippen LogP contribution in [0, 0.1) is 6.92 Å². The highest BCUT2D eigenvalue weighted by molar-refractivity contribution is 5.31. The number of nitrogens with zero attached hydrogens (tertiary/aromatic N) is 2. The predicted octanol–water partition coefficient (Wildman–Crippen LogP) is 1.98. The molecule has 0 aliphatic carbocycles. The van der Waals surface area contributed by atoms with E-state index in [2.05, 4.69) is 48.8 Å².